The second-order valence-corrected chi connectivity index (χ2v) is 5.41. The highest BCUT2D eigenvalue weighted by molar-refractivity contribution is 5.59. The Labute approximate surface area is 130 Å². The second kappa shape index (κ2) is 6.85. The first-order valence-corrected chi connectivity index (χ1v) is 7.58. The monoisotopic (exact) mass is 299 g/mol. The third kappa shape index (κ3) is 3.26. The molecule has 0 N–H and O–H groups in total. The molecule has 1 aliphatic heterocycles. The van der Waals surface area contributed by atoms with E-state index in [1.165, 1.54) is 5.56 Å². The molecule has 5 nitrogen and oxygen atoms in total. The Bertz CT molecular complexity index is 592. The maximum atomic E-state index is 5.41. The largest absolute Gasteiger partial charge is 0.480 e. The lowest BCUT2D eigenvalue weighted by atomic mass is 10.0. The van der Waals surface area contributed by atoms with E-state index in [0.717, 1.165) is 37.6 Å². The Morgan fingerprint density at radius 2 is 1.77 bits per heavy atom. The number of ether oxygens (including phenoxy) is 2. The predicted octanol–water partition coefficient (Wildman–Crippen LogP) is 2.55. The third-order valence-corrected chi connectivity index (χ3v) is 4.13. The predicted molar refractivity (Wildman–Crippen MR) is 84.8 cm³/mol. The Balaban J connectivity index is 1.73. The lowest BCUT2D eigenvalue weighted by Crippen LogP contribution is -2.37. The molecule has 22 heavy (non-hydrogen) atoms. The second-order valence-electron chi connectivity index (χ2n) is 5.41. The van der Waals surface area contributed by atoms with Crippen LogP contribution in [0.5, 0.6) is 5.88 Å². The highest BCUT2D eigenvalue weighted by Crippen LogP contribution is 2.24. The Morgan fingerprint density at radius 1 is 1.05 bits per heavy atom. The number of morpholine rings is 1. The van der Waals surface area contributed by atoms with Crippen LogP contribution in [-0.2, 0) is 4.74 Å². The van der Waals surface area contributed by atoms with Crippen LogP contribution in [0.25, 0.3) is 11.3 Å². The third-order valence-electron chi connectivity index (χ3n) is 4.13. The molecule has 1 atom stereocenters. The highest BCUT2D eigenvalue weighted by atomic mass is 16.5. The summed E-state index contributed by atoms with van der Waals surface area (Å²) in [6, 6.07) is 12.7. The van der Waals surface area contributed by atoms with Gasteiger partial charge in [-0.1, -0.05) is 24.3 Å². The van der Waals surface area contributed by atoms with Crippen LogP contribution in [0.3, 0.4) is 0 Å². The van der Waals surface area contributed by atoms with Gasteiger partial charge in [0.2, 0.25) is 5.88 Å². The van der Waals surface area contributed by atoms with Crippen LogP contribution in [-0.4, -0.2) is 48.5 Å². The van der Waals surface area contributed by atoms with Crippen molar-refractivity contribution in [3.8, 4) is 17.1 Å². The van der Waals surface area contributed by atoms with Gasteiger partial charge in [-0.3, -0.25) is 4.90 Å². The standard InChI is InChI=1S/C17H21N3O2/c1-13(20-9-11-22-12-10-20)14-3-5-15(6-4-14)16-7-8-17(21-2)19-18-16/h3-8,13H,9-12H2,1-2H3. The molecule has 0 spiro atoms. The fourth-order valence-corrected chi connectivity index (χ4v) is 2.69. The molecule has 1 unspecified atom stereocenters. The molecule has 0 amide bonds. The van der Waals surface area contributed by atoms with Gasteiger partial charge in [0.15, 0.2) is 0 Å². The smallest absolute Gasteiger partial charge is 0.233 e. The van der Waals surface area contributed by atoms with Crippen LogP contribution >= 0.6 is 0 Å². The van der Waals surface area contributed by atoms with Gasteiger partial charge in [0.25, 0.3) is 0 Å². The Morgan fingerprint density at radius 3 is 2.36 bits per heavy atom. The minimum atomic E-state index is 0.403. The van der Waals surface area contributed by atoms with E-state index in [1.54, 1.807) is 7.11 Å². The molecule has 0 saturated carbocycles. The van der Waals surface area contributed by atoms with Crippen molar-refractivity contribution in [3.05, 3.63) is 42.0 Å². The van der Waals surface area contributed by atoms with Gasteiger partial charge in [0, 0.05) is 30.8 Å². The molecule has 2 heterocycles. The summed E-state index contributed by atoms with van der Waals surface area (Å²) in [5.74, 6) is 0.529. The minimum absolute atomic E-state index is 0.403. The first-order valence-electron chi connectivity index (χ1n) is 7.58. The van der Waals surface area contributed by atoms with E-state index in [1.807, 2.05) is 12.1 Å². The quantitative estimate of drug-likeness (QED) is 0.868. The van der Waals surface area contributed by atoms with E-state index < -0.39 is 0 Å². The summed E-state index contributed by atoms with van der Waals surface area (Å²) in [6.07, 6.45) is 0. The lowest BCUT2D eigenvalue weighted by Gasteiger charge is -2.32. The average molecular weight is 299 g/mol. The fraction of sp³-hybridized carbons (Fsp3) is 0.412. The summed E-state index contributed by atoms with van der Waals surface area (Å²) in [7, 11) is 1.59. The first-order chi connectivity index (χ1) is 10.8. The van der Waals surface area contributed by atoms with Crippen molar-refractivity contribution in [3.63, 3.8) is 0 Å². The fourth-order valence-electron chi connectivity index (χ4n) is 2.69. The molecule has 5 heteroatoms. The zero-order chi connectivity index (χ0) is 15.4. The molecule has 3 rings (SSSR count). The van der Waals surface area contributed by atoms with E-state index in [4.69, 9.17) is 9.47 Å². The van der Waals surface area contributed by atoms with Crippen LogP contribution in [0.15, 0.2) is 36.4 Å². The number of hydrogen-bond donors (Lipinski definition) is 0. The van der Waals surface area contributed by atoms with Gasteiger partial charge >= 0.3 is 0 Å². The van der Waals surface area contributed by atoms with E-state index in [0.29, 0.717) is 11.9 Å². The number of benzene rings is 1. The number of nitrogens with zero attached hydrogens (tertiary/aromatic N) is 3. The maximum Gasteiger partial charge on any atom is 0.233 e. The van der Waals surface area contributed by atoms with E-state index in [2.05, 4.69) is 46.3 Å². The molecule has 0 radical (unpaired) electrons. The first kappa shape index (κ1) is 14.9. The summed E-state index contributed by atoms with van der Waals surface area (Å²) in [6.45, 7) is 5.88. The molecule has 1 saturated heterocycles. The van der Waals surface area contributed by atoms with Gasteiger partial charge in [-0.2, -0.15) is 0 Å². The summed E-state index contributed by atoms with van der Waals surface area (Å²) in [5.41, 5.74) is 3.23. The van der Waals surface area contributed by atoms with Gasteiger partial charge in [0.1, 0.15) is 0 Å². The number of rotatable bonds is 4. The van der Waals surface area contributed by atoms with E-state index in [9.17, 15) is 0 Å². The topological polar surface area (TPSA) is 47.5 Å². The molecular formula is C17H21N3O2. The zero-order valence-corrected chi connectivity index (χ0v) is 13.0. The van der Waals surface area contributed by atoms with E-state index >= 15 is 0 Å². The highest BCUT2D eigenvalue weighted by Gasteiger charge is 2.18. The summed E-state index contributed by atoms with van der Waals surface area (Å²) < 4.78 is 10.4. The van der Waals surface area contributed by atoms with Crippen molar-refractivity contribution in [2.24, 2.45) is 0 Å². The van der Waals surface area contributed by atoms with Crippen LogP contribution in [0.2, 0.25) is 0 Å². The van der Waals surface area contributed by atoms with Crippen molar-refractivity contribution in [2.45, 2.75) is 13.0 Å². The Kier molecular flexibility index (Phi) is 4.65. The molecule has 1 aromatic carbocycles. The Hall–Kier alpha value is -1.98. The van der Waals surface area contributed by atoms with Crippen LogP contribution in [0.4, 0.5) is 0 Å². The molecular weight excluding hydrogens is 278 g/mol. The SMILES string of the molecule is COc1ccc(-c2ccc(C(C)N3CCOCC3)cc2)nn1. The van der Waals surface area contributed by atoms with E-state index in [-0.39, 0.29) is 0 Å². The molecule has 116 valence electrons. The zero-order valence-electron chi connectivity index (χ0n) is 13.0. The molecule has 2 aromatic rings. The molecule has 0 aliphatic carbocycles. The van der Waals surface area contributed by atoms with Crippen LogP contribution in [0, 0.1) is 0 Å². The van der Waals surface area contributed by atoms with Crippen molar-refractivity contribution in [2.75, 3.05) is 33.4 Å². The van der Waals surface area contributed by atoms with Crippen LogP contribution < -0.4 is 4.74 Å². The van der Waals surface area contributed by atoms with Gasteiger partial charge in [-0.05, 0) is 18.6 Å². The van der Waals surface area contributed by atoms with Gasteiger partial charge in [-0.15, -0.1) is 10.2 Å². The van der Waals surface area contributed by atoms with Crippen LogP contribution in [0.1, 0.15) is 18.5 Å². The van der Waals surface area contributed by atoms with Gasteiger partial charge < -0.3 is 9.47 Å². The minimum Gasteiger partial charge on any atom is -0.480 e. The van der Waals surface area contributed by atoms with Crippen molar-refractivity contribution < 1.29 is 9.47 Å². The van der Waals surface area contributed by atoms with Crippen molar-refractivity contribution >= 4 is 0 Å². The molecule has 1 fully saturated rings. The lowest BCUT2D eigenvalue weighted by molar-refractivity contribution is 0.0198. The van der Waals surface area contributed by atoms with Gasteiger partial charge in [0.05, 0.1) is 26.0 Å². The normalized spacial score (nSPS) is 17.2. The van der Waals surface area contributed by atoms with Crippen molar-refractivity contribution in [1.29, 1.82) is 0 Å². The summed E-state index contributed by atoms with van der Waals surface area (Å²) in [5, 5.41) is 8.19. The molecule has 1 aliphatic rings. The molecule has 1 aromatic heterocycles. The van der Waals surface area contributed by atoms with Gasteiger partial charge in [-0.25, -0.2) is 0 Å². The number of hydrogen-bond acceptors (Lipinski definition) is 5. The molecule has 0 bridgehead atoms. The maximum absolute atomic E-state index is 5.41. The van der Waals surface area contributed by atoms with Crippen molar-refractivity contribution in [1.82, 2.24) is 15.1 Å². The number of methoxy groups -OCH3 is 1. The summed E-state index contributed by atoms with van der Waals surface area (Å²) in [4.78, 5) is 2.45. The summed E-state index contributed by atoms with van der Waals surface area (Å²) >= 11 is 0. The number of aromatic nitrogens is 2. The average Bonchev–Trinajstić information content (AvgIpc) is 2.62.